The molecule has 0 spiro atoms. The van der Waals surface area contributed by atoms with Gasteiger partial charge >= 0.3 is 6.09 Å². The molecule has 4 atom stereocenters. The van der Waals surface area contributed by atoms with Crippen LogP contribution in [0.3, 0.4) is 0 Å². The van der Waals surface area contributed by atoms with Crippen LogP contribution in [-0.4, -0.2) is 113 Å². The number of anilines is 1. The lowest BCUT2D eigenvalue weighted by Crippen LogP contribution is -2.39. The number of hydrogen-bond acceptors (Lipinski definition) is 14. The SMILES string of the molecule is COc1ccc(C(OC[C@H]2O[C@@H](n3cnc4c(NC(=O)CCCN(C)C(=O)OCC5c6ccccc6-c6ccccc65)ncnc43)CC2OP(OCCC#N)N(C(C)C)C(C)C)(c2ccccc2)c2ccc(OC)cc2)cc1. The highest BCUT2D eigenvalue weighted by molar-refractivity contribution is 7.44. The highest BCUT2D eigenvalue weighted by Gasteiger charge is 2.45. The maximum absolute atomic E-state index is 13.5. The Balaban J connectivity index is 0.935. The molecular formula is C60H67N8O9P. The average Bonchev–Trinajstić information content (AvgIpc) is 4.33. The number of carbonyl (C=O) groups excluding carboxylic acids is 2. The van der Waals surface area contributed by atoms with Crippen LogP contribution in [0.2, 0.25) is 0 Å². The molecule has 1 aliphatic carbocycles. The second-order valence-corrected chi connectivity index (χ2v) is 21.2. The number of hydrogen-bond donors (Lipinski definition) is 1. The fraction of sp³-hybridized carbons (Fsp3) is 0.367. The normalized spacial score (nSPS) is 16.5. The molecule has 1 saturated heterocycles. The third kappa shape index (κ3) is 12.0. The summed E-state index contributed by atoms with van der Waals surface area (Å²) >= 11 is 0. The Kier molecular flexibility index (Phi) is 18.1. The molecule has 2 aromatic heterocycles. The van der Waals surface area contributed by atoms with Gasteiger partial charge in [-0.05, 0) is 97.3 Å². The van der Waals surface area contributed by atoms with E-state index >= 15 is 0 Å². The number of carbonyl (C=O) groups is 2. The van der Waals surface area contributed by atoms with Gasteiger partial charge in [0.2, 0.25) is 5.91 Å². The minimum atomic E-state index is -1.70. The first-order valence-corrected chi connectivity index (χ1v) is 27.5. The van der Waals surface area contributed by atoms with Gasteiger partial charge in [0.1, 0.15) is 42.4 Å². The highest BCUT2D eigenvalue weighted by atomic mass is 31.2. The third-order valence-electron chi connectivity index (χ3n) is 14.2. The molecule has 0 saturated carbocycles. The summed E-state index contributed by atoms with van der Waals surface area (Å²) in [7, 11) is 3.24. The van der Waals surface area contributed by atoms with E-state index in [4.69, 9.17) is 37.7 Å². The summed E-state index contributed by atoms with van der Waals surface area (Å²) in [6, 6.07) is 44.5. The maximum atomic E-state index is 13.5. The monoisotopic (exact) mass is 1070 g/mol. The molecule has 406 valence electrons. The van der Waals surface area contributed by atoms with Gasteiger partial charge in [0.15, 0.2) is 17.0 Å². The van der Waals surface area contributed by atoms with E-state index in [0.29, 0.717) is 42.0 Å². The summed E-state index contributed by atoms with van der Waals surface area (Å²) in [4.78, 5) is 42.0. The fourth-order valence-electron chi connectivity index (χ4n) is 10.4. The number of nitrogens with zero attached hydrogens (tertiary/aromatic N) is 7. The largest absolute Gasteiger partial charge is 0.497 e. The van der Waals surface area contributed by atoms with Gasteiger partial charge in [0, 0.05) is 44.4 Å². The predicted octanol–water partition coefficient (Wildman–Crippen LogP) is 11.4. The molecule has 7 aromatic rings. The van der Waals surface area contributed by atoms with Gasteiger partial charge in [-0.3, -0.25) is 9.36 Å². The van der Waals surface area contributed by atoms with Crippen molar-refractivity contribution in [2.75, 3.05) is 52.9 Å². The van der Waals surface area contributed by atoms with Crippen LogP contribution >= 0.6 is 8.53 Å². The molecule has 2 unspecified atom stereocenters. The van der Waals surface area contributed by atoms with E-state index in [-0.39, 0.29) is 62.4 Å². The minimum absolute atomic E-state index is 0.0482. The zero-order chi connectivity index (χ0) is 54.8. The second kappa shape index (κ2) is 25.5. The van der Waals surface area contributed by atoms with E-state index in [9.17, 15) is 14.9 Å². The van der Waals surface area contributed by atoms with E-state index < -0.39 is 38.7 Å². The summed E-state index contributed by atoms with van der Waals surface area (Å²) in [6.45, 7) is 9.14. The van der Waals surface area contributed by atoms with E-state index in [2.05, 4.69) is 78.0 Å². The van der Waals surface area contributed by atoms with Crippen molar-refractivity contribution < 1.29 is 42.3 Å². The number of fused-ring (bicyclic) bond motifs is 4. The Morgan fingerprint density at radius 2 is 1.41 bits per heavy atom. The van der Waals surface area contributed by atoms with Crippen molar-refractivity contribution in [3.05, 3.63) is 168 Å². The van der Waals surface area contributed by atoms with Crippen LogP contribution in [-0.2, 0) is 33.7 Å². The van der Waals surface area contributed by atoms with E-state index in [1.807, 2.05) is 108 Å². The molecule has 3 heterocycles. The van der Waals surface area contributed by atoms with Gasteiger partial charge in [0.25, 0.3) is 8.53 Å². The van der Waals surface area contributed by atoms with Gasteiger partial charge in [-0.1, -0.05) is 103 Å². The van der Waals surface area contributed by atoms with Crippen LogP contribution in [0.1, 0.15) is 93.3 Å². The summed E-state index contributed by atoms with van der Waals surface area (Å²) in [6.07, 6.45) is 1.67. The molecule has 9 rings (SSSR count). The fourth-order valence-corrected chi connectivity index (χ4v) is 12.2. The molecule has 0 bridgehead atoms. The zero-order valence-corrected chi connectivity index (χ0v) is 46.0. The Labute approximate surface area is 457 Å². The van der Waals surface area contributed by atoms with Crippen LogP contribution in [0.4, 0.5) is 10.6 Å². The van der Waals surface area contributed by atoms with Crippen LogP contribution in [0.5, 0.6) is 11.5 Å². The number of aromatic nitrogens is 4. The molecule has 5 aromatic carbocycles. The number of benzene rings is 5. The molecule has 17 nitrogen and oxygen atoms in total. The first-order chi connectivity index (χ1) is 37.9. The lowest BCUT2D eigenvalue weighted by Gasteiger charge is -2.39. The van der Waals surface area contributed by atoms with Gasteiger partial charge in [0.05, 0.1) is 52.4 Å². The van der Waals surface area contributed by atoms with Crippen LogP contribution in [0, 0.1) is 11.3 Å². The molecule has 18 heteroatoms. The predicted molar refractivity (Wildman–Crippen MR) is 298 cm³/mol. The van der Waals surface area contributed by atoms with E-state index in [1.165, 1.54) is 11.2 Å². The minimum Gasteiger partial charge on any atom is -0.497 e. The van der Waals surface area contributed by atoms with Crippen molar-refractivity contribution in [2.45, 2.75) is 95.4 Å². The summed E-state index contributed by atoms with van der Waals surface area (Å²) in [5.41, 5.74) is 6.84. The Morgan fingerprint density at radius 3 is 2.01 bits per heavy atom. The van der Waals surface area contributed by atoms with Gasteiger partial charge < -0.3 is 42.9 Å². The number of ether oxygens (including phenoxy) is 5. The smallest absolute Gasteiger partial charge is 0.409 e. The highest BCUT2D eigenvalue weighted by Crippen LogP contribution is 2.51. The maximum Gasteiger partial charge on any atom is 0.409 e. The molecule has 1 N–H and O–H groups in total. The third-order valence-corrected chi connectivity index (χ3v) is 16.3. The number of rotatable bonds is 24. The van der Waals surface area contributed by atoms with Gasteiger partial charge in [-0.25, -0.2) is 24.4 Å². The zero-order valence-electron chi connectivity index (χ0n) is 45.2. The first-order valence-electron chi connectivity index (χ1n) is 26.4. The molecule has 0 radical (unpaired) electrons. The Morgan fingerprint density at radius 1 is 0.808 bits per heavy atom. The Bertz CT molecular complexity index is 3070. The van der Waals surface area contributed by atoms with Gasteiger partial charge in [-0.2, -0.15) is 5.26 Å². The molecule has 2 aliphatic rings. The summed E-state index contributed by atoms with van der Waals surface area (Å²) in [5, 5.41) is 12.4. The molecule has 1 aliphatic heterocycles. The topological polar surface area (TPSA) is 185 Å². The van der Waals surface area contributed by atoms with Crippen LogP contribution in [0.25, 0.3) is 22.3 Å². The number of methoxy groups -OCH3 is 2. The van der Waals surface area contributed by atoms with Crippen LogP contribution in [0.15, 0.2) is 140 Å². The molecule has 78 heavy (non-hydrogen) atoms. The van der Waals surface area contributed by atoms with Crippen molar-refractivity contribution in [3.63, 3.8) is 0 Å². The van der Waals surface area contributed by atoms with E-state index in [1.54, 1.807) is 27.6 Å². The second-order valence-electron chi connectivity index (χ2n) is 19.8. The molecule has 2 amide bonds. The first kappa shape index (κ1) is 55.5. The number of nitriles is 1. The van der Waals surface area contributed by atoms with Crippen molar-refractivity contribution in [1.82, 2.24) is 29.1 Å². The van der Waals surface area contributed by atoms with Crippen LogP contribution < -0.4 is 14.8 Å². The molecular weight excluding hydrogens is 1010 g/mol. The summed E-state index contributed by atoms with van der Waals surface area (Å²) in [5.74, 6) is 1.29. The Hall–Kier alpha value is -7.29. The number of nitrogens with one attached hydrogen (secondary N) is 1. The van der Waals surface area contributed by atoms with Crippen molar-refractivity contribution in [2.24, 2.45) is 0 Å². The molecule has 1 fully saturated rings. The van der Waals surface area contributed by atoms with Crippen molar-refractivity contribution >= 4 is 37.5 Å². The van der Waals surface area contributed by atoms with E-state index in [0.717, 1.165) is 38.9 Å². The number of imidazole rings is 1. The number of amides is 2. The van der Waals surface area contributed by atoms with Crippen molar-refractivity contribution in [3.8, 4) is 28.7 Å². The quantitative estimate of drug-likeness (QED) is 0.0342. The van der Waals surface area contributed by atoms with Gasteiger partial charge in [-0.15, -0.1) is 0 Å². The summed E-state index contributed by atoms with van der Waals surface area (Å²) < 4.78 is 49.1. The van der Waals surface area contributed by atoms with Crippen molar-refractivity contribution in [1.29, 1.82) is 5.26 Å². The lowest BCUT2D eigenvalue weighted by atomic mass is 9.80. The standard InChI is InChI=1S/C60H67N8O9P/c1-40(2)68(41(3)4)78(75-34-16-32-61)77-52-35-55(76-53(52)37-74-60(42-17-9-8-10-18-42,43-24-28-45(71-6)29-25-43)44-26-30-46(72-7)31-27-44)67-39-64-56-57(62-38-63-58(56)67)65-54(69)23-15-33-66(5)59(70)73-36-51-49-21-13-11-19-47(49)48-20-12-14-22-50(48)51/h8-14,17-22,24-31,38-41,51-53,55H,15-16,23,33-37H2,1-7H3,(H,62,63,65,69)/t52?,53-,55-,78?/m1/s1. The average molecular weight is 1080 g/mol. The lowest BCUT2D eigenvalue weighted by molar-refractivity contribution is -0.116.